The third-order valence-electron chi connectivity index (χ3n) is 4.40. The van der Waals surface area contributed by atoms with Crippen LogP contribution in [-0.4, -0.2) is 13.0 Å². The molecule has 26 heavy (non-hydrogen) atoms. The summed E-state index contributed by atoms with van der Waals surface area (Å²) in [7, 11) is 1.57. The molecule has 0 aliphatic heterocycles. The number of methoxy groups -OCH3 is 1. The number of anilines is 1. The number of nitrogens with one attached hydrogen (secondary N) is 1. The molecule has 1 heterocycles. The topological polar surface area (TPSA) is 51.5 Å². The van der Waals surface area contributed by atoms with E-state index in [0.29, 0.717) is 11.3 Å². The Labute approximate surface area is 151 Å². The Kier molecular flexibility index (Phi) is 4.80. The summed E-state index contributed by atoms with van der Waals surface area (Å²) < 4.78 is 24.9. The summed E-state index contributed by atoms with van der Waals surface area (Å²) in [6.45, 7) is 5.71. The fraction of sp³-hybridized carbons (Fsp3) is 0.190. The van der Waals surface area contributed by atoms with Gasteiger partial charge in [-0.3, -0.25) is 4.79 Å². The van der Waals surface area contributed by atoms with Gasteiger partial charge in [-0.25, -0.2) is 4.39 Å². The van der Waals surface area contributed by atoms with Crippen molar-refractivity contribution in [3.63, 3.8) is 0 Å². The molecule has 134 valence electrons. The highest BCUT2D eigenvalue weighted by atomic mass is 19.1. The number of para-hydroxylation sites is 1. The zero-order valence-corrected chi connectivity index (χ0v) is 15.1. The molecule has 2 aromatic carbocycles. The first-order valence-corrected chi connectivity index (χ1v) is 8.22. The molecule has 0 bridgehead atoms. The van der Waals surface area contributed by atoms with Gasteiger partial charge in [0.25, 0.3) is 0 Å². The summed E-state index contributed by atoms with van der Waals surface area (Å²) in [5.74, 6) is 0.571. The molecule has 0 unspecified atom stereocenters. The molecular formula is C21H20FNO3. The SMILES string of the molecule is COc1cc2oc(C)c(C)c2cc1/C(C)=C/C(=O)Nc1ccccc1F. The summed E-state index contributed by atoms with van der Waals surface area (Å²) in [6.07, 6.45) is 1.43. The smallest absolute Gasteiger partial charge is 0.248 e. The van der Waals surface area contributed by atoms with E-state index in [1.807, 2.05) is 32.9 Å². The Bertz CT molecular complexity index is 1020. The minimum absolute atomic E-state index is 0.144. The summed E-state index contributed by atoms with van der Waals surface area (Å²) >= 11 is 0. The van der Waals surface area contributed by atoms with Crippen molar-refractivity contribution in [3.8, 4) is 5.75 Å². The van der Waals surface area contributed by atoms with Crippen molar-refractivity contribution in [2.75, 3.05) is 12.4 Å². The van der Waals surface area contributed by atoms with Gasteiger partial charge in [-0.05, 0) is 50.1 Å². The van der Waals surface area contributed by atoms with Gasteiger partial charge in [-0.1, -0.05) is 12.1 Å². The van der Waals surface area contributed by atoms with Gasteiger partial charge in [0.1, 0.15) is 22.9 Å². The fourth-order valence-corrected chi connectivity index (χ4v) is 2.85. The molecule has 4 nitrogen and oxygen atoms in total. The molecule has 3 rings (SSSR count). The largest absolute Gasteiger partial charge is 0.496 e. The molecule has 0 saturated heterocycles. The zero-order valence-electron chi connectivity index (χ0n) is 15.1. The second-order valence-corrected chi connectivity index (χ2v) is 6.13. The average Bonchev–Trinajstić information content (AvgIpc) is 2.89. The molecule has 1 amide bonds. The Hall–Kier alpha value is -3.08. The number of benzene rings is 2. The van der Waals surface area contributed by atoms with E-state index < -0.39 is 11.7 Å². The van der Waals surface area contributed by atoms with Crippen LogP contribution in [0.1, 0.15) is 23.8 Å². The normalized spacial score (nSPS) is 11.7. The first kappa shape index (κ1) is 17.7. The van der Waals surface area contributed by atoms with Crippen LogP contribution >= 0.6 is 0 Å². The number of rotatable bonds is 4. The molecule has 3 aromatic rings. The predicted molar refractivity (Wildman–Crippen MR) is 101 cm³/mol. The number of fused-ring (bicyclic) bond motifs is 1. The minimum Gasteiger partial charge on any atom is -0.496 e. The number of ether oxygens (including phenoxy) is 1. The van der Waals surface area contributed by atoms with Crippen LogP contribution in [0.15, 0.2) is 46.9 Å². The molecule has 0 fully saturated rings. The Morgan fingerprint density at radius 1 is 1.23 bits per heavy atom. The predicted octanol–water partition coefficient (Wildman–Crippen LogP) is 5.24. The second kappa shape index (κ2) is 7.04. The van der Waals surface area contributed by atoms with Gasteiger partial charge in [-0.2, -0.15) is 0 Å². The van der Waals surface area contributed by atoms with Crippen molar-refractivity contribution >= 4 is 28.1 Å². The molecule has 0 saturated carbocycles. The van der Waals surface area contributed by atoms with Crippen molar-refractivity contribution in [3.05, 3.63) is 65.2 Å². The zero-order chi connectivity index (χ0) is 18.8. The van der Waals surface area contributed by atoms with Crippen molar-refractivity contribution in [1.82, 2.24) is 0 Å². The lowest BCUT2D eigenvalue weighted by atomic mass is 10.0. The van der Waals surface area contributed by atoms with Crippen LogP contribution in [0.4, 0.5) is 10.1 Å². The van der Waals surface area contributed by atoms with Crippen molar-refractivity contribution in [2.24, 2.45) is 0 Å². The lowest BCUT2D eigenvalue weighted by Crippen LogP contribution is -2.10. The Balaban J connectivity index is 1.96. The highest BCUT2D eigenvalue weighted by Gasteiger charge is 2.14. The highest BCUT2D eigenvalue weighted by Crippen LogP contribution is 2.34. The maximum atomic E-state index is 13.7. The summed E-state index contributed by atoms with van der Waals surface area (Å²) in [5.41, 5.74) is 3.42. The number of hydrogen-bond acceptors (Lipinski definition) is 3. The number of hydrogen-bond donors (Lipinski definition) is 1. The van der Waals surface area contributed by atoms with Gasteiger partial charge < -0.3 is 14.5 Å². The third kappa shape index (κ3) is 3.33. The standard InChI is InChI=1S/C21H20FNO3/c1-12(9-21(24)23-18-8-6-5-7-17(18)22)15-10-16-13(2)14(3)26-20(16)11-19(15)25-4/h5-11H,1-4H3,(H,23,24)/b12-9+. The third-order valence-corrected chi connectivity index (χ3v) is 4.40. The van der Waals surface area contributed by atoms with E-state index in [0.717, 1.165) is 27.9 Å². The van der Waals surface area contributed by atoms with Gasteiger partial charge >= 0.3 is 0 Å². The maximum absolute atomic E-state index is 13.7. The van der Waals surface area contributed by atoms with E-state index in [1.54, 1.807) is 19.2 Å². The number of amides is 1. The molecule has 1 N–H and O–H groups in total. The average molecular weight is 353 g/mol. The molecule has 1 aromatic heterocycles. The quantitative estimate of drug-likeness (QED) is 0.653. The molecule has 0 radical (unpaired) electrons. The molecule has 0 atom stereocenters. The van der Waals surface area contributed by atoms with Crippen molar-refractivity contribution < 1.29 is 18.3 Å². The van der Waals surface area contributed by atoms with Crippen LogP contribution in [0, 0.1) is 19.7 Å². The number of aryl methyl sites for hydroxylation is 2. The molecule has 0 aliphatic carbocycles. The summed E-state index contributed by atoms with van der Waals surface area (Å²) in [5, 5.41) is 3.52. The van der Waals surface area contributed by atoms with Crippen LogP contribution in [0.5, 0.6) is 5.75 Å². The monoisotopic (exact) mass is 353 g/mol. The van der Waals surface area contributed by atoms with E-state index in [4.69, 9.17) is 9.15 Å². The number of allylic oxidation sites excluding steroid dienone is 1. The molecule has 0 spiro atoms. The van der Waals surface area contributed by atoms with Gasteiger partial charge in [0, 0.05) is 23.1 Å². The van der Waals surface area contributed by atoms with Crippen LogP contribution in [-0.2, 0) is 4.79 Å². The number of carbonyl (C=O) groups excluding carboxylic acids is 1. The lowest BCUT2D eigenvalue weighted by molar-refractivity contribution is -0.111. The minimum atomic E-state index is -0.476. The van der Waals surface area contributed by atoms with Gasteiger partial charge in [0.2, 0.25) is 5.91 Å². The summed E-state index contributed by atoms with van der Waals surface area (Å²) in [4.78, 5) is 12.3. The van der Waals surface area contributed by atoms with Crippen LogP contribution in [0.2, 0.25) is 0 Å². The molecular weight excluding hydrogens is 333 g/mol. The van der Waals surface area contributed by atoms with Gasteiger partial charge in [0.15, 0.2) is 0 Å². The maximum Gasteiger partial charge on any atom is 0.248 e. The number of halogens is 1. The van der Waals surface area contributed by atoms with Crippen molar-refractivity contribution in [1.29, 1.82) is 0 Å². The second-order valence-electron chi connectivity index (χ2n) is 6.13. The Morgan fingerprint density at radius 2 is 1.96 bits per heavy atom. The van der Waals surface area contributed by atoms with E-state index in [1.165, 1.54) is 18.2 Å². The number of furan rings is 1. The van der Waals surface area contributed by atoms with E-state index in [2.05, 4.69) is 5.32 Å². The van der Waals surface area contributed by atoms with E-state index in [-0.39, 0.29) is 5.69 Å². The highest BCUT2D eigenvalue weighted by molar-refractivity contribution is 6.04. The molecule has 5 heteroatoms. The number of carbonyl (C=O) groups is 1. The van der Waals surface area contributed by atoms with E-state index >= 15 is 0 Å². The van der Waals surface area contributed by atoms with Gasteiger partial charge in [-0.15, -0.1) is 0 Å². The Morgan fingerprint density at radius 3 is 2.65 bits per heavy atom. The summed E-state index contributed by atoms with van der Waals surface area (Å²) in [6, 6.07) is 9.81. The first-order valence-electron chi connectivity index (χ1n) is 8.22. The van der Waals surface area contributed by atoms with Crippen LogP contribution < -0.4 is 10.1 Å². The van der Waals surface area contributed by atoms with Crippen LogP contribution in [0.3, 0.4) is 0 Å². The van der Waals surface area contributed by atoms with Crippen LogP contribution in [0.25, 0.3) is 16.5 Å². The fourth-order valence-electron chi connectivity index (χ4n) is 2.85. The van der Waals surface area contributed by atoms with Gasteiger partial charge in [0.05, 0.1) is 12.8 Å². The van der Waals surface area contributed by atoms with Crippen molar-refractivity contribution in [2.45, 2.75) is 20.8 Å². The lowest BCUT2D eigenvalue weighted by Gasteiger charge is -2.10. The first-order chi connectivity index (χ1) is 12.4. The van der Waals surface area contributed by atoms with E-state index in [9.17, 15) is 9.18 Å². The molecule has 0 aliphatic rings.